The number of carboxylic acid groups (broad SMARTS) is 1. The molecule has 0 saturated heterocycles. The van der Waals surface area contributed by atoms with E-state index in [1.807, 2.05) is 12.1 Å². The smallest absolute Gasteiger partial charge is 0.338 e. The van der Waals surface area contributed by atoms with Crippen LogP contribution in [0.4, 0.5) is 14.5 Å². The maximum absolute atomic E-state index is 13.9. The Morgan fingerprint density at radius 1 is 1.24 bits per heavy atom. The molecule has 0 atom stereocenters. The highest BCUT2D eigenvalue weighted by Gasteiger charge is 2.19. The molecule has 110 valence electrons. The molecule has 0 saturated carbocycles. The standard InChI is InChI=1S/C15H14F2N2O2/c1-19(9-7-10-4-2-3-8-18-10)12-6-5-11(15(20)21)13(16)14(12)17/h2-6,8H,7,9H2,1H3,(H,20,21). The van der Waals surface area contributed by atoms with Gasteiger partial charge in [-0.2, -0.15) is 0 Å². The molecule has 0 amide bonds. The van der Waals surface area contributed by atoms with Gasteiger partial charge in [0, 0.05) is 31.9 Å². The summed E-state index contributed by atoms with van der Waals surface area (Å²) in [6.07, 6.45) is 2.23. The number of aromatic nitrogens is 1. The van der Waals surface area contributed by atoms with Gasteiger partial charge in [-0.1, -0.05) is 6.07 Å². The summed E-state index contributed by atoms with van der Waals surface area (Å²) in [5.41, 5.74) is 0.190. The lowest BCUT2D eigenvalue weighted by atomic mass is 10.1. The fraction of sp³-hybridized carbons (Fsp3) is 0.200. The van der Waals surface area contributed by atoms with E-state index in [9.17, 15) is 13.6 Å². The van der Waals surface area contributed by atoms with Crippen LogP contribution in [0.15, 0.2) is 36.5 Å². The predicted molar refractivity (Wildman–Crippen MR) is 74.5 cm³/mol. The van der Waals surface area contributed by atoms with Gasteiger partial charge in [0.25, 0.3) is 0 Å². The van der Waals surface area contributed by atoms with Crippen molar-refractivity contribution in [1.29, 1.82) is 0 Å². The summed E-state index contributed by atoms with van der Waals surface area (Å²) in [7, 11) is 1.61. The Labute approximate surface area is 120 Å². The number of hydrogen-bond donors (Lipinski definition) is 1. The number of nitrogens with zero attached hydrogens (tertiary/aromatic N) is 2. The van der Waals surface area contributed by atoms with E-state index in [0.717, 1.165) is 11.8 Å². The monoisotopic (exact) mass is 292 g/mol. The number of aromatic carboxylic acids is 1. The van der Waals surface area contributed by atoms with E-state index in [0.29, 0.717) is 13.0 Å². The zero-order valence-corrected chi connectivity index (χ0v) is 11.4. The lowest BCUT2D eigenvalue weighted by Crippen LogP contribution is -2.22. The van der Waals surface area contributed by atoms with Crippen molar-refractivity contribution in [2.24, 2.45) is 0 Å². The van der Waals surface area contributed by atoms with Gasteiger partial charge in [0.15, 0.2) is 11.6 Å². The maximum atomic E-state index is 13.9. The van der Waals surface area contributed by atoms with E-state index in [-0.39, 0.29) is 5.69 Å². The van der Waals surface area contributed by atoms with Crippen LogP contribution in [0.5, 0.6) is 0 Å². The third-order valence-corrected chi connectivity index (χ3v) is 3.13. The quantitative estimate of drug-likeness (QED) is 0.920. The van der Waals surface area contributed by atoms with Crippen LogP contribution in [0.2, 0.25) is 0 Å². The van der Waals surface area contributed by atoms with Gasteiger partial charge in [-0.05, 0) is 24.3 Å². The van der Waals surface area contributed by atoms with Crippen molar-refractivity contribution in [2.75, 3.05) is 18.5 Å². The summed E-state index contributed by atoms with van der Waals surface area (Å²) in [5.74, 6) is -3.99. The van der Waals surface area contributed by atoms with Gasteiger partial charge in [0.2, 0.25) is 0 Å². The molecule has 0 unspecified atom stereocenters. The summed E-state index contributed by atoms with van der Waals surface area (Å²) in [6.45, 7) is 0.430. The maximum Gasteiger partial charge on any atom is 0.338 e. The first-order valence-electron chi connectivity index (χ1n) is 6.33. The van der Waals surface area contributed by atoms with Crippen LogP contribution in [0, 0.1) is 11.6 Å². The molecule has 0 radical (unpaired) electrons. The van der Waals surface area contributed by atoms with E-state index in [2.05, 4.69) is 4.98 Å². The van der Waals surface area contributed by atoms with Crippen LogP contribution in [-0.4, -0.2) is 29.7 Å². The van der Waals surface area contributed by atoms with Crippen LogP contribution in [0.1, 0.15) is 16.1 Å². The van der Waals surface area contributed by atoms with Gasteiger partial charge >= 0.3 is 5.97 Å². The minimum atomic E-state index is -1.49. The number of halogens is 2. The highest BCUT2D eigenvalue weighted by molar-refractivity contribution is 5.88. The molecule has 2 rings (SSSR count). The first-order chi connectivity index (χ1) is 10.0. The Bertz CT molecular complexity index is 648. The minimum absolute atomic E-state index is 0.0217. The van der Waals surface area contributed by atoms with E-state index < -0.39 is 23.2 Å². The van der Waals surface area contributed by atoms with Crippen molar-refractivity contribution in [2.45, 2.75) is 6.42 Å². The average Bonchev–Trinajstić information content (AvgIpc) is 2.48. The highest BCUT2D eigenvalue weighted by atomic mass is 19.2. The molecule has 0 aliphatic rings. The van der Waals surface area contributed by atoms with Gasteiger partial charge in [-0.3, -0.25) is 4.98 Å². The molecule has 0 fully saturated rings. The summed E-state index contributed by atoms with van der Waals surface area (Å²) < 4.78 is 27.5. The molecule has 0 spiro atoms. The summed E-state index contributed by atoms with van der Waals surface area (Å²) in [5, 5.41) is 8.74. The number of pyridine rings is 1. The van der Waals surface area contributed by atoms with Crippen LogP contribution >= 0.6 is 0 Å². The van der Waals surface area contributed by atoms with Gasteiger partial charge in [0.1, 0.15) is 0 Å². The van der Waals surface area contributed by atoms with Gasteiger partial charge in [-0.25, -0.2) is 13.6 Å². The predicted octanol–water partition coefficient (Wildman–Crippen LogP) is 2.74. The number of rotatable bonds is 5. The van der Waals surface area contributed by atoms with Crippen molar-refractivity contribution in [3.63, 3.8) is 0 Å². The molecule has 2 aromatic rings. The Balaban J connectivity index is 2.14. The van der Waals surface area contributed by atoms with Crippen molar-refractivity contribution >= 4 is 11.7 Å². The topological polar surface area (TPSA) is 53.4 Å². The second-order valence-corrected chi connectivity index (χ2v) is 4.56. The number of carbonyl (C=O) groups is 1. The molecule has 0 aliphatic carbocycles. The Hall–Kier alpha value is -2.50. The SMILES string of the molecule is CN(CCc1ccccn1)c1ccc(C(=O)O)c(F)c1F. The fourth-order valence-corrected chi connectivity index (χ4v) is 1.95. The average molecular weight is 292 g/mol. The lowest BCUT2D eigenvalue weighted by Gasteiger charge is -2.20. The molecular formula is C15H14F2N2O2. The summed E-state index contributed by atoms with van der Waals surface area (Å²) in [4.78, 5) is 16.4. The summed E-state index contributed by atoms with van der Waals surface area (Å²) >= 11 is 0. The first kappa shape index (κ1) is 14.9. The molecule has 4 nitrogen and oxygen atoms in total. The minimum Gasteiger partial charge on any atom is -0.478 e. The second-order valence-electron chi connectivity index (χ2n) is 4.56. The van der Waals surface area contributed by atoms with Crippen molar-refractivity contribution in [3.05, 3.63) is 59.4 Å². The molecule has 1 heterocycles. The Kier molecular flexibility index (Phi) is 4.47. The normalized spacial score (nSPS) is 10.4. The van der Waals surface area contributed by atoms with Crippen molar-refractivity contribution in [3.8, 4) is 0 Å². The molecule has 0 bridgehead atoms. The number of carboxylic acids is 1. The largest absolute Gasteiger partial charge is 0.478 e. The van der Waals surface area contributed by atoms with Crippen LogP contribution in [-0.2, 0) is 6.42 Å². The highest BCUT2D eigenvalue weighted by Crippen LogP contribution is 2.23. The zero-order valence-electron chi connectivity index (χ0n) is 11.4. The van der Waals surface area contributed by atoms with Gasteiger partial charge < -0.3 is 10.0 Å². The second kappa shape index (κ2) is 6.30. The Morgan fingerprint density at radius 2 is 2.00 bits per heavy atom. The molecule has 0 aliphatic heterocycles. The molecule has 1 aromatic heterocycles. The molecule has 21 heavy (non-hydrogen) atoms. The van der Waals surface area contributed by atoms with E-state index >= 15 is 0 Å². The molecule has 1 aromatic carbocycles. The van der Waals surface area contributed by atoms with Crippen LogP contribution in [0.3, 0.4) is 0 Å². The third kappa shape index (κ3) is 3.34. The fourth-order valence-electron chi connectivity index (χ4n) is 1.95. The van der Waals surface area contributed by atoms with Crippen LogP contribution in [0.25, 0.3) is 0 Å². The van der Waals surface area contributed by atoms with Crippen molar-refractivity contribution < 1.29 is 18.7 Å². The van der Waals surface area contributed by atoms with E-state index in [1.165, 1.54) is 11.0 Å². The summed E-state index contributed by atoms with van der Waals surface area (Å²) in [6, 6.07) is 7.82. The van der Waals surface area contributed by atoms with Gasteiger partial charge in [-0.15, -0.1) is 0 Å². The molecular weight excluding hydrogens is 278 g/mol. The number of benzene rings is 1. The molecule has 1 N–H and O–H groups in total. The Morgan fingerprint density at radius 3 is 2.62 bits per heavy atom. The first-order valence-corrected chi connectivity index (χ1v) is 6.33. The van der Waals surface area contributed by atoms with E-state index in [1.54, 1.807) is 19.3 Å². The number of hydrogen-bond acceptors (Lipinski definition) is 3. The van der Waals surface area contributed by atoms with Crippen LogP contribution < -0.4 is 4.90 Å². The third-order valence-electron chi connectivity index (χ3n) is 3.13. The number of likely N-dealkylation sites (N-methyl/N-ethyl adjacent to an activating group) is 1. The zero-order chi connectivity index (χ0) is 15.4. The number of anilines is 1. The lowest BCUT2D eigenvalue weighted by molar-refractivity contribution is 0.0690. The van der Waals surface area contributed by atoms with E-state index in [4.69, 9.17) is 5.11 Å². The van der Waals surface area contributed by atoms with Crippen molar-refractivity contribution in [1.82, 2.24) is 4.98 Å². The molecule has 6 heteroatoms. The van der Waals surface area contributed by atoms with Gasteiger partial charge in [0.05, 0.1) is 11.3 Å².